The van der Waals surface area contributed by atoms with Gasteiger partial charge in [0.05, 0.1) is 66.2 Å². The summed E-state index contributed by atoms with van der Waals surface area (Å²) in [6, 6.07) is 172. The summed E-state index contributed by atoms with van der Waals surface area (Å²) in [4.78, 5) is 0. The van der Waals surface area contributed by atoms with E-state index in [4.69, 9.17) is 0 Å². The summed E-state index contributed by atoms with van der Waals surface area (Å²) >= 11 is 0. The van der Waals surface area contributed by atoms with Crippen molar-refractivity contribution in [2.75, 3.05) is 0 Å². The van der Waals surface area contributed by atoms with Crippen molar-refractivity contribution >= 4 is 185 Å². The molecule has 0 radical (unpaired) electrons. The number of rotatable bonds is 8. The molecule has 0 atom stereocenters. The molecular weight excluding hydrogens is 1550 g/mol. The van der Waals surface area contributed by atoms with Gasteiger partial charge in [-0.2, -0.15) is 0 Å². The van der Waals surface area contributed by atoms with Crippen LogP contribution in [0.5, 0.6) is 0 Å². The van der Waals surface area contributed by atoms with Crippen molar-refractivity contribution in [2.45, 2.75) is 0 Å². The summed E-state index contributed by atoms with van der Waals surface area (Å²) in [7, 11) is 0. The van der Waals surface area contributed by atoms with Crippen molar-refractivity contribution in [3.05, 3.63) is 473 Å². The van der Waals surface area contributed by atoms with Crippen molar-refractivity contribution in [1.29, 1.82) is 0 Å². The molecule has 6 aromatic heterocycles. The summed E-state index contributed by atoms with van der Waals surface area (Å²) in [6.07, 6.45) is 0. The minimum atomic E-state index is 1.16. The quantitative estimate of drug-likeness (QED) is 0.145. The first-order chi connectivity index (χ1) is 63.5. The molecule has 28 aromatic rings. The molecule has 128 heavy (non-hydrogen) atoms. The highest BCUT2D eigenvalue weighted by atomic mass is 15.0. The Labute approximate surface area is 736 Å². The molecule has 0 N–H and O–H groups in total. The van der Waals surface area contributed by atoms with Crippen molar-refractivity contribution in [1.82, 2.24) is 27.4 Å². The molecule has 596 valence electrons. The highest BCUT2D eigenvalue weighted by Gasteiger charge is 2.25. The minimum absolute atomic E-state index is 1.16. The van der Waals surface area contributed by atoms with E-state index in [9.17, 15) is 0 Å². The fraction of sp³-hybridized carbons (Fsp3) is 0. The Balaban J connectivity index is 0.000000102. The molecular formula is C122H78N6. The van der Waals surface area contributed by atoms with Gasteiger partial charge in [-0.1, -0.05) is 309 Å². The van der Waals surface area contributed by atoms with Gasteiger partial charge in [0.1, 0.15) is 0 Å². The standard InChI is InChI=1S/C44H28N2.C40H26N2.C38H24N2/c1-2-14-35(15-3-1)46-42-26-33-13-7-6-12-32(33)25-38(42)40-27-39-37-16-8-9-17-41(37)45(43(39)28-44(40)46)36-22-20-30(21-23-36)34-19-18-29-10-4-5-11-31(29)24-34;1-3-11-27(12-4-1)28-19-21-32(22-20-28)41-37-18-10-9-17-33(37)35-25-36-34-23-29-13-7-8-14-30(29)24-38(34)42(40(36)26-39(35)41)31-15-5-2-6-16-31;1-2-13-28(14-3-1)39-35-21-19-26-11-6-7-15-30(26)38(35)33-23-32-31-16-8-9-17-34(31)40(36(32)24-37(33)39)29-20-18-25-10-4-5-12-27(25)22-29/h1-28H;1-26H;1-24H. The van der Waals surface area contributed by atoms with Crippen LogP contribution in [0.1, 0.15) is 0 Å². The lowest BCUT2D eigenvalue weighted by Gasteiger charge is -2.11. The molecule has 0 fully saturated rings. The van der Waals surface area contributed by atoms with E-state index < -0.39 is 0 Å². The molecule has 0 saturated heterocycles. The lowest BCUT2D eigenvalue weighted by atomic mass is 10.0. The predicted octanol–water partition coefficient (Wildman–Crippen LogP) is 32.7. The summed E-state index contributed by atoms with van der Waals surface area (Å²) in [5.74, 6) is 0. The van der Waals surface area contributed by atoms with Crippen LogP contribution in [-0.2, 0) is 0 Å². The highest BCUT2D eigenvalue weighted by Crippen LogP contribution is 2.47. The van der Waals surface area contributed by atoms with Gasteiger partial charge in [0.2, 0.25) is 0 Å². The summed E-state index contributed by atoms with van der Waals surface area (Å²) in [5, 5.41) is 27.9. The van der Waals surface area contributed by atoms with Crippen LogP contribution in [0.3, 0.4) is 0 Å². The second-order valence-electron chi connectivity index (χ2n) is 33.9. The fourth-order valence-corrected chi connectivity index (χ4v) is 20.9. The Hall–Kier alpha value is -17.1. The lowest BCUT2D eigenvalue weighted by Crippen LogP contribution is -1.96. The van der Waals surface area contributed by atoms with Crippen LogP contribution in [0.4, 0.5) is 0 Å². The number of benzene rings is 22. The van der Waals surface area contributed by atoms with E-state index >= 15 is 0 Å². The Morgan fingerprint density at radius 3 is 0.812 bits per heavy atom. The first-order valence-corrected chi connectivity index (χ1v) is 44.1. The number of nitrogens with zero attached hydrogens (tertiary/aromatic N) is 6. The Bertz CT molecular complexity index is 9350. The second-order valence-corrected chi connectivity index (χ2v) is 33.9. The van der Waals surface area contributed by atoms with E-state index in [1.165, 1.54) is 230 Å². The molecule has 6 heterocycles. The first kappa shape index (κ1) is 72.6. The van der Waals surface area contributed by atoms with Crippen LogP contribution < -0.4 is 0 Å². The predicted molar refractivity (Wildman–Crippen MR) is 544 cm³/mol. The zero-order valence-electron chi connectivity index (χ0n) is 69.7. The van der Waals surface area contributed by atoms with E-state index in [0.717, 1.165) is 11.4 Å². The van der Waals surface area contributed by atoms with Crippen LogP contribution in [0, 0.1) is 0 Å². The van der Waals surface area contributed by atoms with Gasteiger partial charge in [-0.25, -0.2) is 0 Å². The van der Waals surface area contributed by atoms with E-state index in [1.807, 2.05) is 0 Å². The topological polar surface area (TPSA) is 29.6 Å². The zero-order chi connectivity index (χ0) is 84.0. The number of aromatic nitrogens is 6. The summed E-state index contributed by atoms with van der Waals surface area (Å²) in [5.41, 5.74) is 26.5. The number of hydrogen-bond donors (Lipinski definition) is 0. The molecule has 22 aromatic carbocycles. The summed E-state index contributed by atoms with van der Waals surface area (Å²) < 4.78 is 14.6. The largest absolute Gasteiger partial charge is 0.309 e. The van der Waals surface area contributed by atoms with Gasteiger partial charge in [0.25, 0.3) is 0 Å². The van der Waals surface area contributed by atoms with Crippen LogP contribution in [0.2, 0.25) is 0 Å². The molecule has 6 nitrogen and oxygen atoms in total. The van der Waals surface area contributed by atoms with E-state index in [0.29, 0.717) is 0 Å². The van der Waals surface area contributed by atoms with Gasteiger partial charge in [-0.3, -0.25) is 0 Å². The van der Waals surface area contributed by atoms with Crippen molar-refractivity contribution < 1.29 is 0 Å². The van der Waals surface area contributed by atoms with Gasteiger partial charge in [0, 0.05) is 98.8 Å². The third kappa shape index (κ3) is 11.7. The minimum Gasteiger partial charge on any atom is -0.309 e. The maximum Gasteiger partial charge on any atom is 0.0562 e. The lowest BCUT2D eigenvalue weighted by molar-refractivity contribution is 1.17. The Kier molecular flexibility index (Phi) is 16.6. The molecule has 0 amide bonds. The van der Waals surface area contributed by atoms with E-state index in [1.54, 1.807) is 0 Å². The van der Waals surface area contributed by atoms with Crippen molar-refractivity contribution in [3.63, 3.8) is 0 Å². The average molecular weight is 1630 g/mol. The maximum absolute atomic E-state index is 2.43. The molecule has 0 saturated carbocycles. The van der Waals surface area contributed by atoms with Gasteiger partial charge in [-0.15, -0.1) is 0 Å². The monoisotopic (exact) mass is 1630 g/mol. The number of hydrogen-bond acceptors (Lipinski definition) is 0. The second kappa shape index (κ2) is 29.3. The molecule has 0 unspecified atom stereocenters. The highest BCUT2D eigenvalue weighted by molar-refractivity contribution is 6.27. The SMILES string of the molecule is c1ccc(-c2ccc(-n3c4ccccc4c4cc5c6cc7ccccc7cc6n(-c6ccccc6)c5cc43)cc2)cc1.c1ccc(-n2c3cc4c(cc3c3c5ccccc5ccc32)c2ccccc2n4-c2ccc3ccccc3c2)cc1.c1ccc(-n2c3cc4ccccc4cc3c3cc4c5ccccc5n(-c5ccc(-c6ccc7ccccc7c6)cc5)c4cc32)cc1. The Morgan fingerprint density at radius 1 is 0.102 bits per heavy atom. The number of para-hydroxylation sites is 6. The molecule has 0 aliphatic heterocycles. The number of fused-ring (bicyclic) bond motifs is 24. The first-order valence-electron chi connectivity index (χ1n) is 44.1. The van der Waals surface area contributed by atoms with Crippen LogP contribution in [-0.4, -0.2) is 27.4 Å². The third-order valence-corrected chi connectivity index (χ3v) is 26.8. The van der Waals surface area contributed by atoms with E-state index in [2.05, 4.69) is 501 Å². The third-order valence-electron chi connectivity index (χ3n) is 26.8. The average Bonchev–Trinajstić information content (AvgIpc) is 1.56. The molecule has 0 bridgehead atoms. The van der Waals surface area contributed by atoms with Crippen molar-refractivity contribution in [3.8, 4) is 56.4 Å². The molecule has 0 aliphatic rings. The molecule has 0 spiro atoms. The van der Waals surface area contributed by atoms with Crippen LogP contribution >= 0.6 is 0 Å². The summed E-state index contributed by atoms with van der Waals surface area (Å²) in [6.45, 7) is 0. The normalized spacial score (nSPS) is 11.9. The Morgan fingerprint density at radius 2 is 0.359 bits per heavy atom. The van der Waals surface area contributed by atoms with Gasteiger partial charge >= 0.3 is 0 Å². The maximum atomic E-state index is 2.43. The van der Waals surface area contributed by atoms with Gasteiger partial charge in [0.15, 0.2) is 0 Å². The molecule has 6 heteroatoms. The zero-order valence-corrected chi connectivity index (χ0v) is 69.7. The molecule has 28 rings (SSSR count). The van der Waals surface area contributed by atoms with E-state index in [-0.39, 0.29) is 0 Å². The van der Waals surface area contributed by atoms with Gasteiger partial charge in [-0.05, 0) is 240 Å². The molecule has 0 aliphatic carbocycles. The smallest absolute Gasteiger partial charge is 0.0562 e. The van der Waals surface area contributed by atoms with Gasteiger partial charge < -0.3 is 27.4 Å². The van der Waals surface area contributed by atoms with Crippen molar-refractivity contribution in [2.24, 2.45) is 0 Å². The fourth-order valence-electron chi connectivity index (χ4n) is 20.9. The van der Waals surface area contributed by atoms with Crippen LogP contribution in [0.25, 0.3) is 241 Å². The van der Waals surface area contributed by atoms with Crippen LogP contribution in [0.15, 0.2) is 473 Å².